The van der Waals surface area contributed by atoms with Crippen LogP contribution >= 0.6 is 66.8 Å². The van der Waals surface area contributed by atoms with Gasteiger partial charge in [-0.1, -0.05) is 47.1 Å². The lowest BCUT2D eigenvalue weighted by Gasteiger charge is -2.29. The molecule has 5 nitrogen and oxygen atoms in total. The predicted octanol–water partition coefficient (Wildman–Crippen LogP) is 7.18. The summed E-state index contributed by atoms with van der Waals surface area (Å²) in [6.07, 6.45) is 0. The van der Waals surface area contributed by atoms with Crippen LogP contribution in [0, 0.1) is 11.3 Å². The molecule has 0 saturated heterocycles. The lowest BCUT2D eigenvalue weighted by molar-refractivity contribution is -0.114. The first-order valence-corrected chi connectivity index (χ1v) is 12.9. The van der Waals surface area contributed by atoms with Crippen LogP contribution in [0.3, 0.4) is 0 Å². The lowest BCUT2D eigenvalue weighted by atomic mass is 9.81. The molecule has 1 amide bonds. The molecule has 0 bridgehead atoms. The number of carbonyl (C=O) groups is 2. The van der Waals surface area contributed by atoms with Gasteiger partial charge in [-0.15, -0.1) is 0 Å². The molecular weight excluding hydrogens is 613 g/mol. The molecule has 1 unspecified atom stereocenters. The number of rotatable bonds is 6. The highest BCUT2D eigenvalue weighted by Crippen LogP contribution is 2.41. The molecule has 1 aliphatic rings. The van der Waals surface area contributed by atoms with Crippen molar-refractivity contribution < 1.29 is 9.59 Å². The first kappa shape index (κ1) is 25.9. The van der Waals surface area contributed by atoms with Gasteiger partial charge in [-0.3, -0.25) is 9.59 Å². The molecule has 2 aromatic carbocycles. The van der Waals surface area contributed by atoms with Crippen molar-refractivity contribution in [3.05, 3.63) is 82.8 Å². The average molecular weight is 630 g/mol. The van der Waals surface area contributed by atoms with Gasteiger partial charge in [-0.05, 0) is 75.5 Å². The predicted molar refractivity (Wildman–Crippen MR) is 141 cm³/mol. The van der Waals surface area contributed by atoms with Crippen molar-refractivity contribution in [2.24, 2.45) is 0 Å². The van der Waals surface area contributed by atoms with Gasteiger partial charge in [0.2, 0.25) is 5.91 Å². The fourth-order valence-electron chi connectivity index (χ4n) is 3.46. The molecule has 2 N–H and O–H groups in total. The van der Waals surface area contributed by atoms with E-state index < -0.39 is 5.92 Å². The Bertz CT molecular complexity index is 1210. The molecule has 33 heavy (non-hydrogen) atoms. The highest BCUT2D eigenvalue weighted by atomic mass is 79.9. The zero-order valence-electron chi connectivity index (χ0n) is 17.4. The summed E-state index contributed by atoms with van der Waals surface area (Å²) in [4.78, 5) is 25.1. The number of nitriles is 1. The fourth-order valence-corrected chi connectivity index (χ4v) is 6.34. The molecule has 1 heterocycles. The van der Waals surface area contributed by atoms with Crippen LogP contribution < -0.4 is 10.6 Å². The fraction of sp³-hybridized carbons (Fsp3) is 0.174. The van der Waals surface area contributed by atoms with Gasteiger partial charge in [0.15, 0.2) is 5.78 Å². The third-order valence-corrected chi connectivity index (χ3v) is 7.59. The van der Waals surface area contributed by atoms with E-state index in [2.05, 4.69) is 48.6 Å². The van der Waals surface area contributed by atoms with Gasteiger partial charge in [0.1, 0.15) is 0 Å². The Hall–Kier alpha value is -1.76. The molecule has 170 valence electrons. The highest BCUT2D eigenvalue weighted by molar-refractivity contribution is 9.11. The largest absolute Gasteiger partial charge is 0.353 e. The third kappa shape index (κ3) is 6.03. The number of nitrogens with zero attached hydrogens (tertiary/aromatic N) is 1. The van der Waals surface area contributed by atoms with E-state index >= 15 is 0 Å². The standard InChI is InChI=1S/C23H17Br2Cl2N3O2S/c1-11-20(12(2)31)21(13-3-5-14(26)6-4-13)16(9-28)23(29-11)33-10-19(32)30-22-17(24)7-15(27)8-18(22)25/h3-8,21,29H,10H2,1-2H3,(H,30,32). The van der Waals surface area contributed by atoms with Crippen molar-refractivity contribution >= 4 is 84.2 Å². The normalized spacial score (nSPS) is 15.7. The Labute approximate surface area is 222 Å². The second kappa shape index (κ2) is 11.1. The molecule has 3 rings (SSSR count). The van der Waals surface area contributed by atoms with E-state index in [0.29, 0.717) is 46.6 Å². The van der Waals surface area contributed by atoms with Crippen LogP contribution in [0.5, 0.6) is 0 Å². The van der Waals surface area contributed by atoms with E-state index in [1.807, 2.05) is 0 Å². The van der Waals surface area contributed by atoms with Gasteiger partial charge in [0.05, 0.1) is 34.0 Å². The molecule has 2 aromatic rings. The zero-order chi connectivity index (χ0) is 24.3. The van der Waals surface area contributed by atoms with Gasteiger partial charge >= 0.3 is 0 Å². The van der Waals surface area contributed by atoms with Crippen molar-refractivity contribution in [3.63, 3.8) is 0 Å². The van der Waals surface area contributed by atoms with Crippen LogP contribution in [0.25, 0.3) is 0 Å². The van der Waals surface area contributed by atoms with E-state index in [0.717, 1.165) is 5.56 Å². The minimum atomic E-state index is -0.545. The number of Topliss-reactive ketones (excluding diaryl/α,β-unsaturated/α-hetero) is 1. The van der Waals surface area contributed by atoms with Gasteiger partial charge in [-0.2, -0.15) is 5.26 Å². The second-order valence-electron chi connectivity index (χ2n) is 7.14. The summed E-state index contributed by atoms with van der Waals surface area (Å²) in [6.45, 7) is 3.27. The van der Waals surface area contributed by atoms with Gasteiger partial charge in [-0.25, -0.2) is 0 Å². The van der Waals surface area contributed by atoms with Gasteiger partial charge in [0.25, 0.3) is 0 Å². The number of carbonyl (C=O) groups excluding carboxylic acids is 2. The van der Waals surface area contributed by atoms with E-state index in [1.165, 1.54) is 18.7 Å². The van der Waals surface area contributed by atoms with E-state index in [-0.39, 0.29) is 17.4 Å². The number of dihydropyridines is 1. The number of allylic oxidation sites excluding steroid dienone is 3. The molecule has 0 saturated carbocycles. The van der Waals surface area contributed by atoms with E-state index in [4.69, 9.17) is 23.2 Å². The number of halogens is 4. The Morgan fingerprint density at radius 1 is 1.15 bits per heavy atom. The zero-order valence-corrected chi connectivity index (χ0v) is 22.9. The maximum Gasteiger partial charge on any atom is 0.234 e. The SMILES string of the molecule is CC(=O)C1=C(C)NC(SCC(=O)Nc2c(Br)cc(Cl)cc2Br)=C(C#N)C1c1ccc(Cl)cc1. The number of thioether (sulfide) groups is 1. The third-order valence-electron chi connectivity index (χ3n) is 4.85. The first-order valence-electron chi connectivity index (χ1n) is 9.58. The van der Waals surface area contributed by atoms with Crippen molar-refractivity contribution in [2.45, 2.75) is 19.8 Å². The Balaban J connectivity index is 1.88. The molecule has 0 radical (unpaired) electrons. The topological polar surface area (TPSA) is 82.0 Å². The number of anilines is 1. The number of nitrogens with one attached hydrogen (secondary N) is 2. The van der Waals surface area contributed by atoms with E-state index in [9.17, 15) is 14.9 Å². The van der Waals surface area contributed by atoms with Crippen molar-refractivity contribution in [2.75, 3.05) is 11.1 Å². The summed E-state index contributed by atoms with van der Waals surface area (Å²) in [7, 11) is 0. The summed E-state index contributed by atoms with van der Waals surface area (Å²) < 4.78 is 1.28. The average Bonchev–Trinajstić information content (AvgIpc) is 2.74. The maximum absolute atomic E-state index is 12.7. The minimum absolute atomic E-state index is 0.0467. The lowest BCUT2D eigenvalue weighted by Crippen LogP contribution is -2.27. The Morgan fingerprint density at radius 2 is 1.76 bits per heavy atom. The summed E-state index contributed by atoms with van der Waals surface area (Å²) in [5.41, 5.74) is 2.87. The summed E-state index contributed by atoms with van der Waals surface area (Å²) in [5, 5.41) is 17.6. The molecule has 1 atom stereocenters. The quantitative estimate of drug-likeness (QED) is 0.354. The first-order chi connectivity index (χ1) is 15.6. The molecule has 10 heteroatoms. The molecule has 0 spiro atoms. The highest BCUT2D eigenvalue weighted by Gasteiger charge is 2.33. The molecule has 1 aliphatic heterocycles. The smallest absolute Gasteiger partial charge is 0.234 e. The molecule has 0 aromatic heterocycles. The van der Waals surface area contributed by atoms with Gasteiger partial charge in [0, 0.05) is 30.3 Å². The van der Waals surface area contributed by atoms with Crippen LogP contribution in [0.15, 0.2) is 67.2 Å². The molecule has 0 aliphatic carbocycles. The minimum Gasteiger partial charge on any atom is -0.353 e. The second-order valence-corrected chi connectivity index (χ2v) is 10.7. The number of hydrogen-bond acceptors (Lipinski definition) is 5. The summed E-state index contributed by atoms with van der Waals surface area (Å²) in [5.74, 6) is -0.897. The van der Waals surface area contributed by atoms with Crippen LogP contribution in [0.1, 0.15) is 25.3 Å². The van der Waals surface area contributed by atoms with Crippen molar-refractivity contribution in [1.29, 1.82) is 5.26 Å². The van der Waals surface area contributed by atoms with Crippen LogP contribution in [0.4, 0.5) is 5.69 Å². The van der Waals surface area contributed by atoms with Crippen LogP contribution in [-0.2, 0) is 9.59 Å². The van der Waals surface area contributed by atoms with E-state index in [1.54, 1.807) is 43.3 Å². The monoisotopic (exact) mass is 627 g/mol. The number of hydrogen-bond donors (Lipinski definition) is 2. The molecular formula is C23H17Br2Cl2N3O2S. The van der Waals surface area contributed by atoms with Crippen molar-refractivity contribution in [3.8, 4) is 6.07 Å². The summed E-state index contributed by atoms with van der Waals surface area (Å²) >= 11 is 20.0. The molecule has 0 fully saturated rings. The maximum atomic E-state index is 12.7. The van der Waals surface area contributed by atoms with Crippen LogP contribution in [-0.4, -0.2) is 17.4 Å². The number of amides is 1. The summed E-state index contributed by atoms with van der Waals surface area (Å²) in [6, 6.07) is 12.7. The van der Waals surface area contributed by atoms with Gasteiger partial charge < -0.3 is 10.6 Å². The number of benzene rings is 2. The van der Waals surface area contributed by atoms with Crippen LogP contribution in [0.2, 0.25) is 10.0 Å². The van der Waals surface area contributed by atoms with Crippen molar-refractivity contribution in [1.82, 2.24) is 5.32 Å². The Kier molecular flexibility index (Phi) is 8.70. The Morgan fingerprint density at radius 3 is 2.30 bits per heavy atom. The number of ketones is 1.